The number of carbonyl (C=O) groups is 1. The van der Waals surface area contributed by atoms with Crippen LogP contribution in [0.4, 0.5) is 4.53 Å². The van der Waals surface area contributed by atoms with Crippen molar-refractivity contribution in [2.75, 3.05) is 5.33 Å². The molecule has 0 radical (unpaired) electrons. The molecule has 0 aromatic carbocycles. The van der Waals surface area contributed by atoms with Gasteiger partial charge in [0.25, 0.3) is 0 Å². The maximum absolute atomic E-state index is 10.7. The fraction of sp³-hybridized carbons (Fsp3) is 0.667. The second-order valence-corrected chi connectivity index (χ2v) is 1.68. The van der Waals surface area contributed by atoms with E-state index in [4.69, 9.17) is 0 Å². The zero-order chi connectivity index (χ0) is 5.70. The van der Waals surface area contributed by atoms with E-state index in [0.29, 0.717) is 5.33 Å². The number of hydrogen-bond acceptors (Lipinski definition) is 2. The minimum absolute atomic E-state index is 0.0799. The molecule has 0 rings (SSSR count). The van der Waals surface area contributed by atoms with Crippen molar-refractivity contribution in [3.8, 4) is 0 Å². The van der Waals surface area contributed by atoms with E-state index in [0.717, 1.165) is 0 Å². The van der Waals surface area contributed by atoms with Crippen LogP contribution < -0.4 is 0 Å². The van der Waals surface area contributed by atoms with E-state index in [2.05, 4.69) is 20.9 Å². The molecule has 0 aromatic heterocycles. The van der Waals surface area contributed by atoms with Gasteiger partial charge in [0.15, 0.2) is 0 Å². The molecule has 0 bridgehead atoms. The highest BCUT2D eigenvalue weighted by Gasteiger charge is 1.97. The Balaban J connectivity index is 3.00. The van der Waals surface area contributed by atoms with Gasteiger partial charge < -0.3 is 0 Å². The fourth-order valence-corrected chi connectivity index (χ4v) is 0.439. The van der Waals surface area contributed by atoms with Gasteiger partial charge in [-0.25, -0.2) is 4.79 Å². The summed E-state index contributed by atoms with van der Waals surface area (Å²) in [6.45, 7) is 0. The third-order valence-corrected chi connectivity index (χ3v) is 0.781. The molecule has 0 spiro atoms. The van der Waals surface area contributed by atoms with Crippen molar-refractivity contribution in [2.24, 2.45) is 0 Å². The van der Waals surface area contributed by atoms with Crippen LogP contribution >= 0.6 is 15.9 Å². The van der Waals surface area contributed by atoms with Crippen molar-refractivity contribution in [3.63, 3.8) is 0 Å². The van der Waals surface area contributed by atoms with Crippen LogP contribution in [-0.4, -0.2) is 11.3 Å². The Labute approximate surface area is 48.7 Å². The monoisotopic (exact) mass is 170 g/mol. The first-order chi connectivity index (χ1) is 3.31. The number of carbonyl (C=O) groups excluding carboxylic acids is 1. The van der Waals surface area contributed by atoms with Crippen LogP contribution in [0.3, 0.4) is 0 Å². The molecule has 0 N–H and O–H groups in total. The summed E-state index contributed by atoms with van der Waals surface area (Å²) in [5.41, 5.74) is 0. The van der Waals surface area contributed by atoms with Crippen molar-refractivity contribution >= 4 is 21.9 Å². The summed E-state index contributed by atoms with van der Waals surface area (Å²) in [5.74, 6) is -0.836. The van der Waals surface area contributed by atoms with E-state index in [1.807, 2.05) is 0 Å². The molecule has 0 unspecified atom stereocenters. The maximum Gasteiger partial charge on any atom is 0.349 e. The summed E-state index contributed by atoms with van der Waals surface area (Å²) in [6, 6.07) is 0. The van der Waals surface area contributed by atoms with Crippen LogP contribution in [0, 0.1) is 0 Å². The van der Waals surface area contributed by atoms with Crippen LogP contribution in [-0.2, 0) is 9.74 Å². The number of rotatable bonds is 2. The highest BCUT2D eigenvalue weighted by Crippen LogP contribution is 1.90. The standard InChI is InChI=1S/C3H4BrFO2/c4-2-1-3(6)7-5/h1-2H2. The van der Waals surface area contributed by atoms with Gasteiger partial charge in [-0.05, 0) is 0 Å². The van der Waals surface area contributed by atoms with Crippen LogP contribution in [0.1, 0.15) is 6.42 Å². The van der Waals surface area contributed by atoms with Crippen molar-refractivity contribution < 1.29 is 14.3 Å². The summed E-state index contributed by atoms with van der Waals surface area (Å²) in [6.07, 6.45) is 0.0799. The quantitative estimate of drug-likeness (QED) is 0.583. The summed E-state index contributed by atoms with van der Waals surface area (Å²) in [4.78, 5) is 12.6. The molecule has 7 heavy (non-hydrogen) atoms. The Bertz CT molecular complexity index is 66.0. The lowest BCUT2D eigenvalue weighted by Crippen LogP contribution is -1.96. The Morgan fingerprint density at radius 2 is 2.43 bits per heavy atom. The number of alkyl halides is 1. The Morgan fingerprint density at radius 3 is 2.57 bits per heavy atom. The topological polar surface area (TPSA) is 26.3 Å². The van der Waals surface area contributed by atoms with Crippen molar-refractivity contribution in [1.29, 1.82) is 0 Å². The molecule has 0 aliphatic rings. The summed E-state index contributed by atoms with van der Waals surface area (Å²) in [5, 5.41) is 0.440. The molecule has 0 aromatic rings. The fourth-order valence-electron chi connectivity index (χ4n) is 0.116. The van der Waals surface area contributed by atoms with Gasteiger partial charge in [0.1, 0.15) is 0 Å². The molecular weight excluding hydrogens is 167 g/mol. The lowest BCUT2D eigenvalue weighted by Gasteiger charge is -1.83. The van der Waals surface area contributed by atoms with E-state index in [1.54, 1.807) is 0 Å². The molecule has 0 amide bonds. The Morgan fingerprint density at radius 1 is 1.86 bits per heavy atom. The molecule has 0 saturated carbocycles. The highest BCUT2D eigenvalue weighted by atomic mass is 79.9. The summed E-state index contributed by atoms with van der Waals surface area (Å²) < 4.78 is 10.7. The highest BCUT2D eigenvalue weighted by molar-refractivity contribution is 9.09. The zero-order valence-corrected chi connectivity index (χ0v) is 5.07. The molecule has 0 atom stereocenters. The molecular formula is C3H4BrFO2. The lowest BCUT2D eigenvalue weighted by atomic mass is 10.5. The first-order valence-corrected chi connectivity index (χ1v) is 2.80. The third kappa shape index (κ3) is 3.72. The Hall–Kier alpha value is -0.120. The first kappa shape index (κ1) is 6.88. The van der Waals surface area contributed by atoms with E-state index in [-0.39, 0.29) is 6.42 Å². The SMILES string of the molecule is O=C(CCBr)OF. The molecule has 0 aliphatic heterocycles. The molecule has 0 saturated heterocycles. The molecule has 2 nitrogen and oxygen atoms in total. The lowest BCUT2D eigenvalue weighted by molar-refractivity contribution is -0.182. The van der Waals surface area contributed by atoms with Crippen molar-refractivity contribution in [2.45, 2.75) is 6.42 Å². The van der Waals surface area contributed by atoms with Crippen LogP contribution in [0.15, 0.2) is 0 Å². The van der Waals surface area contributed by atoms with Crippen molar-refractivity contribution in [1.82, 2.24) is 0 Å². The van der Waals surface area contributed by atoms with Crippen molar-refractivity contribution in [3.05, 3.63) is 0 Å². The van der Waals surface area contributed by atoms with Gasteiger partial charge in [0.2, 0.25) is 0 Å². The number of hydrogen-bond donors (Lipinski definition) is 0. The van der Waals surface area contributed by atoms with E-state index >= 15 is 0 Å². The zero-order valence-electron chi connectivity index (χ0n) is 3.49. The smallest absolute Gasteiger partial charge is 0.255 e. The molecule has 0 aliphatic carbocycles. The van der Waals surface area contributed by atoms with Gasteiger partial charge in [0, 0.05) is 9.86 Å². The average molecular weight is 171 g/mol. The van der Waals surface area contributed by atoms with Gasteiger partial charge in [-0.15, -0.1) is 0 Å². The first-order valence-electron chi connectivity index (χ1n) is 1.68. The maximum atomic E-state index is 10.7. The summed E-state index contributed by atoms with van der Waals surface area (Å²) >= 11 is 2.92. The Kier molecular flexibility index (Phi) is 3.98. The molecule has 42 valence electrons. The molecule has 4 heteroatoms. The van der Waals surface area contributed by atoms with Gasteiger partial charge in [-0.1, -0.05) is 15.9 Å². The van der Waals surface area contributed by atoms with Crippen LogP contribution in [0.2, 0.25) is 0 Å². The molecule has 0 heterocycles. The normalized spacial score (nSPS) is 8.29. The predicted octanol–water partition coefficient (Wildman–Crippen LogP) is 1.20. The third-order valence-electron chi connectivity index (χ3n) is 0.385. The second kappa shape index (κ2) is 4.05. The van der Waals surface area contributed by atoms with E-state index in [9.17, 15) is 9.32 Å². The summed E-state index contributed by atoms with van der Waals surface area (Å²) in [7, 11) is 0. The van der Waals surface area contributed by atoms with Gasteiger partial charge in [-0.2, -0.15) is 0 Å². The average Bonchev–Trinajstić information content (AvgIpc) is 1.68. The van der Waals surface area contributed by atoms with Crippen LogP contribution in [0.25, 0.3) is 0 Å². The predicted molar refractivity (Wildman–Crippen MR) is 25.6 cm³/mol. The van der Waals surface area contributed by atoms with Gasteiger partial charge >= 0.3 is 5.97 Å². The minimum atomic E-state index is -0.836. The van der Waals surface area contributed by atoms with E-state index in [1.165, 1.54) is 0 Å². The number of halogens is 2. The molecule has 0 fully saturated rings. The second-order valence-electron chi connectivity index (χ2n) is 0.888. The largest absolute Gasteiger partial charge is 0.349 e. The van der Waals surface area contributed by atoms with E-state index < -0.39 is 5.97 Å². The minimum Gasteiger partial charge on any atom is -0.255 e. The van der Waals surface area contributed by atoms with Gasteiger partial charge in [0.05, 0.1) is 6.42 Å². The van der Waals surface area contributed by atoms with Crippen LogP contribution in [0.5, 0.6) is 0 Å². The van der Waals surface area contributed by atoms with Gasteiger partial charge in [-0.3, -0.25) is 4.94 Å².